The topological polar surface area (TPSA) is 53.6 Å². The molecule has 0 aliphatic heterocycles. The third-order valence-corrected chi connectivity index (χ3v) is 2.58. The van der Waals surface area contributed by atoms with E-state index in [0.717, 1.165) is 23.0 Å². The van der Waals surface area contributed by atoms with Crippen molar-refractivity contribution in [3.63, 3.8) is 0 Å². The van der Waals surface area contributed by atoms with E-state index >= 15 is 0 Å². The molecule has 1 atom stereocenters. The minimum Gasteiger partial charge on any atom is -0.303 e. The van der Waals surface area contributed by atoms with Crippen LogP contribution in [0, 0.1) is 0 Å². The van der Waals surface area contributed by atoms with Gasteiger partial charge in [-0.2, -0.15) is 5.10 Å². The van der Waals surface area contributed by atoms with Crippen molar-refractivity contribution in [2.24, 2.45) is 0 Å². The molecule has 0 saturated heterocycles. The quantitative estimate of drug-likeness (QED) is 0.857. The molecule has 0 fully saturated rings. The largest absolute Gasteiger partial charge is 0.303 e. The second-order valence-corrected chi connectivity index (χ2v) is 4.04. The van der Waals surface area contributed by atoms with Crippen LogP contribution in [-0.2, 0) is 6.54 Å². The highest BCUT2D eigenvalue weighted by Crippen LogP contribution is 2.12. The zero-order valence-electron chi connectivity index (χ0n) is 8.94. The Morgan fingerprint density at radius 1 is 1.50 bits per heavy atom. The lowest BCUT2D eigenvalue weighted by molar-refractivity contribution is 0.548. The molecule has 0 amide bonds. The first-order valence-electron chi connectivity index (χ1n) is 5.09. The molecule has 0 spiro atoms. The van der Waals surface area contributed by atoms with Crippen LogP contribution in [0.25, 0.3) is 0 Å². The second-order valence-electron chi connectivity index (χ2n) is 3.60. The smallest absolute Gasteiger partial charge is 0.141 e. The number of halogens is 1. The number of aromatic nitrogens is 3. The van der Waals surface area contributed by atoms with E-state index in [2.05, 4.69) is 20.5 Å². The standard InChI is InChI=1S/C11H13ClN4/c1-8(11-14-7-15-16-11)13-6-9-3-2-4-10(12)5-9/h2-5,7-8,13H,6H2,1H3,(H,14,15,16). The monoisotopic (exact) mass is 236 g/mol. The Bertz CT molecular complexity index is 441. The van der Waals surface area contributed by atoms with Crippen LogP contribution in [0.5, 0.6) is 0 Å². The molecule has 2 aromatic rings. The Morgan fingerprint density at radius 3 is 3.06 bits per heavy atom. The van der Waals surface area contributed by atoms with Crippen molar-refractivity contribution in [3.8, 4) is 0 Å². The van der Waals surface area contributed by atoms with Crippen molar-refractivity contribution in [3.05, 3.63) is 47.0 Å². The van der Waals surface area contributed by atoms with Gasteiger partial charge in [0.1, 0.15) is 12.2 Å². The van der Waals surface area contributed by atoms with Crippen molar-refractivity contribution in [1.82, 2.24) is 20.5 Å². The molecule has 0 aliphatic carbocycles. The zero-order chi connectivity index (χ0) is 11.4. The average Bonchev–Trinajstić information content (AvgIpc) is 2.79. The summed E-state index contributed by atoms with van der Waals surface area (Å²) >= 11 is 5.90. The van der Waals surface area contributed by atoms with Gasteiger partial charge in [0, 0.05) is 11.6 Å². The SMILES string of the molecule is CC(NCc1cccc(Cl)c1)c1ncn[nH]1. The first-order valence-corrected chi connectivity index (χ1v) is 5.46. The molecule has 1 aromatic carbocycles. The number of nitrogens with zero attached hydrogens (tertiary/aromatic N) is 2. The third kappa shape index (κ3) is 2.81. The minimum absolute atomic E-state index is 0.140. The molecular weight excluding hydrogens is 224 g/mol. The zero-order valence-corrected chi connectivity index (χ0v) is 9.70. The number of rotatable bonds is 4. The summed E-state index contributed by atoms with van der Waals surface area (Å²) in [5.41, 5.74) is 1.15. The Balaban J connectivity index is 1.92. The molecule has 0 bridgehead atoms. The molecule has 0 aliphatic rings. The molecule has 1 unspecified atom stereocenters. The highest BCUT2D eigenvalue weighted by Gasteiger charge is 2.06. The Kier molecular flexibility index (Phi) is 3.54. The first-order chi connectivity index (χ1) is 7.75. The fourth-order valence-corrected chi connectivity index (χ4v) is 1.65. The van der Waals surface area contributed by atoms with E-state index in [-0.39, 0.29) is 6.04 Å². The molecular formula is C11H13ClN4. The van der Waals surface area contributed by atoms with Gasteiger partial charge in [0.25, 0.3) is 0 Å². The normalized spacial score (nSPS) is 12.6. The molecule has 0 radical (unpaired) electrons. The summed E-state index contributed by atoms with van der Waals surface area (Å²) in [6, 6.07) is 7.93. The average molecular weight is 237 g/mol. The van der Waals surface area contributed by atoms with E-state index in [0.29, 0.717) is 0 Å². The Morgan fingerprint density at radius 2 is 2.38 bits per heavy atom. The molecule has 1 aromatic heterocycles. The van der Waals surface area contributed by atoms with E-state index in [1.165, 1.54) is 6.33 Å². The molecule has 2 N–H and O–H groups in total. The third-order valence-electron chi connectivity index (χ3n) is 2.35. The summed E-state index contributed by atoms with van der Waals surface area (Å²) in [5.74, 6) is 0.835. The fraction of sp³-hybridized carbons (Fsp3) is 0.273. The van der Waals surface area contributed by atoms with Gasteiger partial charge < -0.3 is 5.32 Å². The van der Waals surface area contributed by atoms with Crippen molar-refractivity contribution in [2.75, 3.05) is 0 Å². The van der Waals surface area contributed by atoms with Crippen LogP contribution >= 0.6 is 11.6 Å². The molecule has 2 rings (SSSR count). The van der Waals surface area contributed by atoms with Gasteiger partial charge in [0.2, 0.25) is 0 Å². The van der Waals surface area contributed by atoms with Gasteiger partial charge in [0.15, 0.2) is 0 Å². The van der Waals surface area contributed by atoms with E-state index in [1.807, 2.05) is 31.2 Å². The maximum absolute atomic E-state index is 5.90. The lowest BCUT2D eigenvalue weighted by Gasteiger charge is -2.10. The van der Waals surface area contributed by atoms with Crippen LogP contribution in [0.3, 0.4) is 0 Å². The summed E-state index contributed by atoms with van der Waals surface area (Å²) in [4.78, 5) is 4.09. The lowest BCUT2D eigenvalue weighted by atomic mass is 10.2. The van der Waals surface area contributed by atoms with Gasteiger partial charge in [0.05, 0.1) is 6.04 Å². The van der Waals surface area contributed by atoms with Crippen LogP contribution < -0.4 is 5.32 Å². The van der Waals surface area contributed by atoms with Crippen LogP contribution in [0.15, 0.2) is 30.6 Å². The Hall–Kier alpha value is -1.39. The van der Waals surface area contributed by atoms with Crippen LogP contribution in [0.1, 0.15) is 24.4 Å². The highest BCUT2D eigenvalue weighted by molar-refractivity contribution is 6.30. The van der Waals surface area contributed by atoms with E-state index in [9.17, 15) is 0 Å². The van der Waals surface area contributed by atoms with Gasteiger partial charge >= 0.3 is 0 Å². The van der Waals surface area contributed by atoms with Gasteiger partial charge in [-0.3, -0.25) is 5.10 Å². The predicted octanol–water partition coefficient (Wildman–Crippen LogP) is 2.31. The summed E-state index contributed by atoms with van der Waals surface area (Å²) < 4.78 is 0. The maximum atomic E-state index is 5.90. The van der Waals surface area contributed by atoms with Crippen LogP contribution in [-0.4, -0.2) is 15.2 Å². The number of benzene rings is 1. The molecule has 1 heterocycles. The minimum atomic E-state index is 0.140. The number of H-pyrrole nitrogens is 1. The van der Waals surface area contributed by atoms with Gasteiger partial charge in [-0.15, -0.1) is 0 Å². The van der Waals surface area contributed by atoms with Crippen molar-refractivity contribution < 1.29 is 0 Å². The van der Waals surface area contributed by atoms with E-state index < -0.39 is 0 Å². The lowest BCUT2D eigenvalue weighted by Crippen LogP contribution is -2.19. The molecule has 5 heteroatoms. The van der Waals surface area contributed by atoms with Crippen molar-refractivity contribution in [1.29, 1.82) is 0 Å². The molecule has 4 nitrogen and oxygen atoms in total. The summed E-state index contributed by atoms with van der Waals surface area (Å²) in [5, 5.41) is 10.7. The molecule has 84 valence electrons. The second kappa shape index (κ2) is 5.09. The summed E-state index contributed by atoms with van der Waals surface area (Å²) in [7, 11) is 0. The van der Waals surface area contributed by atoms with Crippen molar-refractivity contribution >= 4 is 11.6 Å². The first kappa shape index (κ1) is 11.1. The molecule has 0 saturated carbocycles. The molecule has 16 heavy (non-hydrogen) atoms. The summed E-state index contributed by atoms with van der Waals surface area (Å²) in [6.45, 7) is 2.79. The number of aromatic amines is 1. The van der Waals surface area contributed by atoms with Gasteiger partial charge in [-0.05, 0) is 24.6 Å². The van der Waals surface area contributed by atoms with E-state index in [1.54, 1.807) is 0 Å². The predicted molar refractivity (Wildman–Crippen MR) is 63.1 cm³/mol. The van der Waals surface area contributed by atoms with Gasteiger partial charge in [-0.25, -0.2) is 4.98 Å². The van der Waals surface area contributed by atoms with E-state index in [4.69, 9.17) is 11.6 Å². The number of hydrogen-bond acceptors (Lipinski definition) is 3. The van der Waals surface area contributed by atoms with Crippen molar-refractivity contribution in [2.45, 2.75) is 19.5 Å². The Labute approximate surface area is 99.1 Å². The van der Waals surface area contributed by atoms with Gasteiger partial charge in [-0.1, -0.05) is 23.7 Å². The fourth-order valence-electron chi connectivity index (χ4n) is 1.44. The van der Waals surface area contributed by atoms with Crippen LogP contribution in [0.2, 0.25) is 5.02 Å². The highest BCUT2D eigenvalue weighted by atomic mass is 35.5. The van der Waals surface area contributed by atoms with Crippen LogP contribution in [0.4, 0.5) is 0 Å². The maximum Gasteiger partial charge on any atom is 0.141 e. The summed E-state index contributed by atoms with van der Waals surface area (Å²) in [6.07, 6.45) is 1.51. The number of hydrogen-bond donors (Lipinski definition) is 2. The number of nitrogens with one attached hydrogen (secondary N) is 2.